The number of carbonyl (C=O) groups is 2. The molecule has 11 heteroatoms. The van der Waals surface area contributed by atoms with Crippen LogP contribution < -0.4 is 10.2 Å². The molecular formula is C23H29F3N4O4. The van der Waals surface area contributed by atoms with Crippen molar-refractivity contribution in [2.45, 2.75) is 19.0 Å². The van der Waals surface area contributed by atoms with Gasteiger partial charge in [0.25, 0.3) is 0 Å². The molecule has 1 aromatic rings. The fourth-order valence-corrected chi connectivity index (χ4v) is 4.91. The van der Waals surface area contributed by atoms with Gasteiger partial charge in [-0.3, -0.25) is 9.59 Å². The number of alkyl halides is 3. The summed E-state index contributed by atoms with van der Waals surface area (Å²) in [5.74, 6) is -0.773. The molecule has 1 aromatic carbocycles. The highest BCUT2D eigenvalue weighted by atomic mass is 19.4. The van der Waals surface area contributed by atoms with E-state index in [9.17, 15) is 22.8 Å². The lowest BCUT2D eigenvalue weighted by Crippen LogP contribution is -2.50. The molecule has 2 saturated heterocycles. The number of hydrogen-bond donors (Lipinski definition) is 1. The van der Waals surface area contributed by atoms with E-state index in [-0.39, 0.29) is 25.0 Å². The van der Waals surface area contributed by atoms with Crippen LogP contribution in [0.2, 0.25) is 0 Å². The first-order valence-electron chi connectivity index (χ1n) is 11.0. The number of piperidine rings is 1. The third kappa shape index (κ3) is 5.45. The van der Waals surface area contributed by atoms with Gasteiger partial charge in [0.15, 0.2) is 0 Å². The summed E-state index contributed by atoms with van der Waals surface area (Å²) in [5.41, 5.74) is -1.61. The second-order valence-corrected chi connectivity index (χ2v) is 8.73. The quantitative estimate of drug-likeness (QED) is 0.598. The van der Waals surface area contributed by atoms with Gasteiger partial charge >= 0.3 is 6.18 Å². The van der Waals surface area contributed by atoms with E-state index < -0.39 is 28.6 Å². The van der Waals surface area contributed by atoms with Crippen molar-refractivity contribution in [2.24, 2.45) is 11.3 Å². The Balaban J connectivity index is 1.86. The van der Waals surface area contributed by atoms with Gasteiger partial charge in [-0.05, 0) is 31.0 Å². The Morgan fingerprint density at radius 2 is 1.94 bits per heavy atom. The van der Waals surface area contributed by atoms with Gasteiger partial charge in [-0.1, -0.05) is 0 Å². The first kappa shape index (κ1) is 25.8. The number of carbonyl (C=O) groups excluding carboxylic acids is 2. The van der Waals surface area contributed by atoms with Crippen LogP contribution in [0, 0.1) is 22.7 Å². The monoisotopic (exact) mass is 482 g/mol. The number of amides is 2. The van der Waals surface area contributed by atoms with Crippen molar-refractivity contribution in [1.29, 1.82) is 5.26 Å². The molecule has 1 N–H and O–H groups in total. The van der Waals surface area contributed by atoms with Crippen LogP contribution in [0.15, 0.2) is 18.2 Å². The molecule has 2 aliphatic rings. The van der Waals surface area contributed by atoms with Crippen molar-refractivity contribution in [3.8, 4) is 6.07 Å². The Kier molecular flexibility index (Phi) is 8.05. The molecule has 34 heavy (non-hydrogen) atoms. The lowest BCUT2D eigenvalue weighted by molar-refractivity contribution is -0.139. The van der Waals surface area contributed by atoms with E-state index in [2.05, 4.69) is 5.32 Å². The Hall–Kier alpha value is -2.84. The largest absolute Gasteiger partial charge is 0.417 e. The molecular weight excluding hydrogens is 453 g/mol. The molecule has 0 bridgehead atoms. The third-order valence-corrected chi connectivity index (χ3v) is 6.74. The summed E-state index contributed by atoms with van der Waals surface area (Å²) >= 11 is 0. The highest BCUT2D eigenvalue weighted by molar-refractivity contribution is 5.82. The molecule has 1 unspecified atom stereocenters. The van der Waals surface area contributed by atoms with E-state index >= 15 is 0 Å². The zero-order chi connectivity index (χ0) is 24.9. The fourth-order valence-electron chi connectivity index (χ4n) is 4.91. The molecule has 1 atom stereocenters. The molecule has 3 rings (SSSR count). The summed E-state index contributed by atoms with van der Waals surface area (Å²) in [7, 11) is 2.98. The zero-order valence-electron chi connectivity index (χ0n) is 19.3. The minimum absolute atomic E-state index is 0.0223. The van der Waals surface area contributed by atoms with Crippen molar-refractivity contribution < 1.29 is 32.2 Å². The zero-order valence-corrected chi connectivity index (χ0v) is 19.3. The van der Waals surface area contributed by atoms with Crippen LogP contribution in [0.25, 0.3) is 0 Å². The van der Waals surface area contributed by atoms with Gasteiger partial charge in [0, 0.05) is 58.0 Å². The minimum Gasteiger partial charge on any atom is -0.383 e. The fraction of sp³-hybridized carbons (Fsp3) is 0.609. The molecule has 1 spiro atoms. The number of nitrogens with zero attached hydrogens (tertiary/aromatic N) is 3. The van der Waals surface area contributed by atoms with E-state index in [0.29, 0.717) is 51.3 Å². The second kappa shape index (κ2) is 10.6. The average Bonchev–Trinajstić information content (AvgIpc) is 3.17. The molecule has 2 amide bonds. The summed E-state index contributed by atoms with van der Waals surface area (Å²) in [6.07, 6.45) is -3.57. The highest BCUT2D eigenvalue weighted by Crippen LogP contribution is 2.47. The number of halogens is 3. The lowest BCUT2D eigenvalue weighted by Gasteiger charge is -2.42. The summed E-state index contributed by atoms with van der Waals surface area (Å²) in [4.78, 5) is 28.8. The smallest absolute Gasteiger partial charge is 0.383 e. The molecule has 2 heterocycles. The van der Waals surface area contributed by atoms with Crippen LogP contribution in [0.1, 0.15) is 24.0 Å². The number of rotatable bonds is 7. The van der Waals surface area contributed by atoms with Crippen molar-refractivity contribution in [3.63, 3.8) is 0 Å². The summed E-state index contributed by atoms with van der Waals surface area (Å²) in [6, 6.07) is 5.24. The number of nitriles is 1. The third-order valence-electron chi connectivity index (χ3n) is 6.74. The highest BCUT2D eigenvalue weighted by Gasteiger charge is 2.51. The van der Waals surface area contributed by atoms with E-state index in [0.717, 1.165) is 6.07 Å². The molecule has 2 aliphatic heterocycles. The molecule has 0 aliphatic carbocycles. The second-order valence-electron chi connectivity index (χ2n) is 8.73. The number of hydrogen-bond acceptors (Lipinski definition) is 6. The van der Waals surface area contributed by atoms with Crippen LogP contribution in [-0.4, -0.2) is 76.9 Å². The maximum Gasteiger partial charge on any atom is 0.417 e. The first-order valence-corrected chi connectivity index (χ1v) is 11.0. The standard InChI is InChI=1S/C23H29F3N4O4/c1-33-10-7-28-21(32)19-13-30(17-4-3-16(12-27)18(11-17)23(24,25)26)15-22(19)5-8-29(9-6-22)20(31)14-34-2/h3-4,11,19H,5-10,13-15H2,1-2H3,(H,28,32). The molecule has 186 valence electrons. The Bertz CT molecular complexity index is 939. The normalized spacial score (nSPS) is 19.8. The predicted octanol–water partition coefficient (Wildman–Crippen LogP) is 2.03. The Morgan fingerprint density at radius 3 is 2.53 bits per heavy atom. The van der Waals surface area contributed by atoms with E-state index in [1.807, 2.05) is 0 Å². The van der Waals surface area contributed by atoms with Crippen LogP contribution in [-0.2, 0) is 25.2 Å². The van der Waals surface area contributed by atoms with E-state index in [4.69, 9.17) is 14.7 Å². The maximum absolute atomic E-state index is 13.5. The van der Waals surface area contributed by atoms with Gasteiger partial charge in [-0.25, -0.2) is 0 Å². The van der Waals surface area contributed by atoms with Crippen molar-refractivity contribution in [1.82, 2.24) is 10.2 Å². The summed E-state index contributed by atoms with van der Waals surface area (Å²) in [5, 5.41) is 12.0. The van der Waals surface area contributed by atoms with Crippen molar-refractivity contribution >= 4 is 17.5 Å². The topological polar surface area (TPSA) is 94.9 Å². The first-order chi connectivity index (χ1) is 16.1. The van der Waals surface area contributed by atoms with Crippen LogP contribution in [0.3, 0.4) is 0 Å². The summed E-state index contributed by atoms with van der Waals surface area (Å²) < 4.78 is 50.5. The van der Waals surface area contributed by atoms with Crippen molar-refractivity contribution in [2.75, 3.05) is 65.1 Å². The van der Waals surface area contributed by atoms with Crippen LogP contribution >= 0.6 is 0 Å². The van der Waals surface area contributed by atoms with Gasteiger partial charge in [-0.2, -0.15) is 18.4 Å². The number of methoxy groups -OCH3 is 2. The Labute approximate surface area is 196 Å². The number of likely N-dealkylation sites (tertiary alicyclic amines) is 1. The van der Waals surface area contributed by atoms with Gasteiger partial charge in [0.2, 0.25) is 11.8 Å². The van der Waals surface area contributed by atoms with Gasteiger partial charge < -0.3 is 24.6 Å². The lowest BCUT2D eigenvalue weighted by atomic mass is 9.70. The number of anilines is 1. The van der Waals surface area contributed by atoms with E-state index in [1.54, 1.807) is 15.9 Å². The SMILES string of the molecule is COCCNC(=O)C1CN(c2ccc(C#N)c(C(F)(F)F)c2)CC12CCN(C(=O)COC)CC2. The van der Waals surface area contributed by atoms with Gasteiger partial charge in [0.05, 0.1) is 29.7 Å². The molecule has 0 aromatic heterocycles. The average molecular weight is 483 g/mol. The minimum atomic E-state index is -4.66. The van der Waals surface area contributed by atoms with Crippen LogP contribution in [0.5, 0.6) is 0 Å². The Morgan fingerprint density at radius 1 is 1.24 bits per heavy atom. The molecule has 2 fully saturated rings. The van der Waals surface area contributed by atoms with Gasteiger partial charge in [-0.15, -0.1) is 0 Å². The van der Waals surface area contributed by atoms with E-state index in [1.165, 1.54) is 26.4 Å². The van der Waals surface area contributed by atoms with Gasteiger partial charge in [0.1, 0.15) is 6.61 Å². The molecule has 8 nitrogen and oxygen atoms in total. The predicted molar refractivity (Wildman–Crippen MR) is 117 cm³/mol. The number of ether oxygens (including phenoxy) is 2. The number of nitrogens with one attached hydrogen (secondary N) is 1. The number of benzene rings is 1. The summed E-state index contributed by atoms with van der Waals surface area (Å²) in [6.45, 7) is 2.16. The van der Waals surface area contributed by atoms with Crippen molar-refractivity contribution in [3.05, 3.63) is 29.3 Å². The maximum atomic E-state index is 13.5. The molecule has 0 saturated carbocycles. The molecule has 0 radical (unpaired) electrons. The van der Waals surface area contributed by atoms with Crippen LogP contribution in [0.4, 0.5) is 18.9 Å².